The lowest BCUT2D eigenvalue weighted by molar-refractivity contribution is 0.253. The van der Waals surface area contributed by atoms with Gasteiger partial charge in [0, 0.05) is 18.2 Å². The van der Waals surface area contributed by atoms with Crippen molar-refractivity contribution in [1.82, 2.24) is 4.90 Å². The molecule has 0 amide bonds. The first-order chi connectivity index (χ1) is 9.27. The van der Waals surface area contributed by atoms with Crippen LogP contribution in [0.1, 0.15) is 17.5 Å². The fourth-order valence-corrected chi connectivity index (χ4v) is 4.35. The summed E-state index contributed by atoms with van der Waals surface area (Å²) in [6.07, 6.45) is 0.621. The van der Waals surface area contributed by atoms with E-state index < -0.39 is 15.7 Å². The Balaban J connectivity index is 2.12. The summed E-state index contributed by atoms with van der Waals surface area (Å²) in [7, 11) is -1.07. The molecule has 7 heteroatoms. The number of benzene rings is 1. The second-order valence-corrected chi connectivity index (χ2v) is 7.85. The Labute approximate surface area is 123 Å². The Kier molecular flexibility index (Phi) is 4.41. The average Bonchev–Trinajstić information content (AvgIpc) is 2.69. The lowest BCUT2D eigenvalue weighted by Crippen LogP contribution is -2.32. The molecule has 0 spiro atoms. The smallest absolute Gasteiger partial charge is 0.151 e. The van der Waals surface area contributed by atoms with Gasteiger partial charge in [0.25, 0.3) is 0 Å². The summed E-state index contributed by atoms with van der Waals surface area (Å²) in [6, 6.07) is 4.44. The van der Waals surface area contributed by atoms with E-state index in [1.807, 2.05) is 11.9 Å². The molecule has 1 saturated heterocycles. The number of rotatable bonds is 4. The third-order valence-electron chi connectivity index (χ3n) is 3.51. The van der Waals surface area contributed by atoms with Crippen LogP contribution in [0, 0.1) is 5.82 Å². The highest BCUT2D eigenvalue weighted by Crippen LogP contribution is 2.19. The van der Waals surface area contributed by atoms with E-state index in [0.717, 1.165) is 5.56 Å². The van der Waals surface area contributed by atoms with E-state index >= 15 is 0 Å². The maximum Gasteiger partial charge on any atom is 0.151 e. The van der Waals surface area contributed by atoms with Gasteiger partial charge in [-0.05, 0) is 37.2 Å². The molecular weight excluding hydrogens is 299 g/mol. The van der Waals surface area contributed by atoms with Crippen molar-refractivity contribution in [3.05, 3.63) is 35.1 Å². The molecule has 0 aliphatic carbocycles. The van der Waals surface area contributed by atoms with Crippen molar-refractivity contribution >= 4 is 27.0 Å². The minimum atomic E-state index is -2.92. The average molecular weight is 316 g/mol. The van der Waals surface area contributed by atoms with Crippen molar-refractivity contribution in [3.8, 4) is 0 Å². The summed E-state index contributed by atoms with van der Waals surface area (Å²) in [6.45, 7) is 0.466. The van der Waals surface area contributed by atoms with Crippen LogP contribution >= 0.6 is 12.2 Å². The van der Waals surface area contributed by atoms with Crippen molar-refractivity contribution in [2.24, 2.45) is 5.73 Å². The standard InChI is InChI=1S/C13H17FN2O2S2/c1-16(12-2-3-20(17,18)8-12)7-9-4-10(13(15)19)6-11(14)5-9/h4-6,12H,2-3,7-8H2,1H3,(H2,15,19). The maximum atomic E-state index is 13.5. The molecule has 0 aromatic heterocycles. The first-order valence-corrected chi connectivity index (χ1v) is 8.50. The van der Waals surface area contributed by atoms with E-state index in [0.29, 0.717) is 18.5 Å². The third kappa shape index (κ3) is 3.74. The lowest BCUT2D eigenvalue weighted by atomic mass is 10.1. The fourth-order valence-electron chi connectivity index (χ4n) is 2.42. The largest absolute Gasteiger partial charge is 0.389 e. The third-order valence-corrected chi connectivity index (χ3v) is 5.49. The number of hydrogen-bond donors (Lipinski definition) is 1. The van der Waals surface area contributed by atoms with Gasteiger partial charge in [0.2, 0.25) is 0 Å². The zero-order chi connectivity index (χ0) is 14.9. The molecule has 2 N–H and O–H groups in total. The molecule has 0 bridgehead atoms. The molecule has 0 radical (unpaired) electrons. The SMILES string of the molecule is CN(Cc1cc(F)cc(C(N)=S)c1)C1CCS(=O)(=O)C1. The van der Waals surface area contributed by atoms with E-state index in [4.69, 9.17) is 18.0 Å². The Morgan fingerprint density at radius 2 is 2.20 bits per heavy atom. The van der Waals surface area contributed by atoms with Gasteiger partial charge in [-0.25, -0.2) is 12.8 Å². The van der Waals surface area contributed by atoms with Crippen molar-refractivity contribution < 1.29 is 12.8 Å². The molecule has 1 aromatic carbocycles. The van der Waals surface area contributed by atoms with Crippen LogP contribution in [0.15, 0.2) is 18.2 Å². The van der Waals surface area contributed by atoms with Gasteiger partial charge in [0.15, 0.2) is 9.84 Å². The minimum absolute atomic E-state index is 0.0171. The van der Waals surface area contributed by atoms with Crippen molar-refractivity contribution in [1.29, 1.82) is 0 Å². The Morgan fingerprint density at radius 1 is 1.50 bits per heavy atom. The number of nitrogens with two attached hydrogens (primary N) is 1. The van der Waals surface area contributed by atoms with E-state index in [2.05, 4.69) is 0 Å². The molecular formula is C13H17FN2O2S2. The molecule has 1 aliphatic rings. The Hall–Kier alpha value is -1.05. The molecule has 1 aromatic rings. The normalized spacial score (nSPS) is 21.2. The number of thiocarbonyl (C=S) groups is 1. The molecule has 1 fully saturated rings. The monoisotopic (exact) mass is 316 g/mol. The lowest BCUT2D eigenvalue weighted by Gasteiger charge is -2.23. The number of halogens is 1. The molecule has 0 saturated carbocycles. The zero-order valence-electron chi connectivity index (χ0n) is 11.2. The van der Waals surface area contributed by atoms with Gasteiger partial charge < -0.3 is 5.73 Å². The van der Waals surface area contributed by atoms with Crippen LogP contribution in [0.25, 0.3) is 0 Å². The summed E-state index contributed by atoms with van der Waals surface area (Å²) in [5.41, 5.74) is 6.74. The van der Waals surface area contributed by atoms with Crippen LogP contribution in [0.5, 0.6) is 0 Å². The first kappa shape index (κ1) is 15.3. The summed E-state index contributed by atoms with van der Waals surface area (Å²) in [5, 5.41) is 0. The van der Waals surface area contributed by atoms with E-state index in [1.54, 1.807) is 6.07 Å². The summed E-state index contributed by atoms with van der Waals surface area (Å²) < 4.78 is 36.5. The Morgan fingerprint density at radius 3 is 2.75 bits per heavy atom. The zero-order valence-corrected chi connectivity index (χ0v) is 12.8. The topological polar surface area (TPSA) is 63.4 Å². The van der Waals surface area contributed by atoms with E-state index in [1.165, 1.54) is 12.1 Å². The van der Waals surface area contributed by atoms with Gasteiger partial charge in [-0.3, -0.25) is 4.90 Å². The van der Waals surface area contributed by atoms with Gasteiger partial charge in [-0.1, -0.05) is 12.2 Å². The molecule has 20 heavy (non-hydrogen) atoms. The predicted octanol–water partition coefficient (Wildman–Crippen LogP) is 1.08. The van der Waals surface area contributed by atoms with Crippen molar-refractivity contribution in [3.63, 3.8) is 0 Å². The van der Waals surface area contributed by atoms with Gasteiger partial charge in [0.1, 0.15) is 10.8 Å². The highest BCUT2D eigenvalue weighted by Gasteiger charge is 2.30. The van der Waals surface area contributed by atoms with E-state index in [-0.39, 0.29) is 22.5 Å². The summed E-state index contributed by atoms with van der Waals surface area (Å²) in [5.74, 6) is 0.00214. The molecule has 1 atom stereocenters. The van der Waals surface area contributed by atoms with Crippen LogP contribution in [-0.4, -0.2) is 42.9 Å². The highest BCUT2D eigenvalue weighted by atomic mass is 32.2. The van der Waals surface area contributed by atoms with Crippen LogP contribution in [0.3, 0.4) is 0 Å². The van der Waals surface area contributed by atoms with Crippen molar-refractivity contribution in [2.45, 2.75) is 19.0 Å². The quantitative estimate of drug-likeness (QED) is 0.842. The molecule has 2 rings (SSSR count). The minimum Gasteiger partial charge on any atom is -0.389 e. The number of sulfone groups is 1. The summed E-state index contributed by atoms with van der Waals surface area (Å²) in [4.78, 5) is 2.08. The van der Waals surface area contributed by atoms with Crippen LogP contribution < -0.4 is 5.73 Å². The van der Waals surface area contributed by atoms with Crippen molar-refractivity contribution in [2.75, 3.05) is 18.6 Å². The predicted molar refractivity (Wildman–Crippen MR) is 80.8 cm³/mol. The second-order valence-electron chi connectivity index (χ2n) is 5.18. The Bertz CT molecular complexity index is 631. The fraction of sp³-hybridized carbons (Fsp3) is 0.462. The van der Waals surface area contributed by atoms with Gasteiger partial charge in [0.05, 0.1) is 11.5 Å². The van der Waals surface area contributed by atoms with Gasteiger partial charge in [-0.15, -0.1) is 0 Å². The van der Waals surface area contributed by atoms with Crippen LogP contribution in [0.4, 0.5) is 4.39 Å². The van der Waals surface area contributed by atoms with Crippen LogP contribution in [-0.2, 0) is 16.4 Å². The highest BCUT2D eigenvalue weighted by molar-refractivity contribution is 7.91. The van der Waals surface area contributed by atoms with Gasteiger partial charge >= 0.3 is 0 Å². The molecule has 1 aliphatic heterocycles. The molecule has 110 valence electrons. The molecule has 1 heterocycles. The number of hydrogen-bond acceptors (Lipinski definition) is 4. The first-order valence-electron chi connectivity index (χ1n) is 6.27. The van der Waals surface area contributed by atoms with Gasteiger partial charge in [-0.2, -0.15) is 0 Å². The van der Waals surface area contributed by atoms with E-state index in [9.17, 15) is 12.8 Å². The molecule has 4 nitrogen and oxygen atoms in total. The number of nitrogens with zero attached hydrogens (tertiary/aromatic N) is 1. The van der Waals surface area contributed by atoms with Crippen LogP contribution in [0.2, 0.25) is 0 Å². The summed E-state index contributed by atoms with van der Waals surface area (Å²) >= 11 is 4.85. The molecule has 1 unspecified atom stereocenters. The maximum absolute atomic E-state index is 13.5. The second kappa shape index (κ2) is 5.75.